The molecule has 0 radical (unpaired) electrons. The number of carbonyl (C=O) groups excluding carboxylic acids is 4. The van der Waals surface area contributed by atoms with Crippen LogP contribution >= 0.6 is 0 Å². The van der Waals surface area contributed by atoms with Crippen molar-refractivity contribution in [3.8, 4) is 0 Å². The van der Waals surface area contributed by atoms with Gasteiger partial charge in [-0.05, 0) is 12.0 Å². The molecule has 1 fully saturated rings. The lowest BCUT2D eigenvalue weighted by atomic mass is 9.99. The number of hydrogen-bond acceptors (Lipinski definition) is 4. The Labute approximate surface area is 134 Å². The molecule has 2 rings (SSSR count). The molecule has 7 heteroatoms. The van der Waals surface area contributed by atoms with Crippen LogP contribution < -0.4 is 5.32 Å². The fourth-order valence-corrected chi connectivity index (χ4v) is 2.41. The SMILES string of the molecule is CN1C(=O)C(CC(=O)NCCc2ccccc2)C(=O)N(C)C1=O. The van der Waals surface area contributed by atoms with Gasteiger partial charge in [0.05, 0.1) is 0 Å². The van der Waals surface area contributed by atoms with E-state index in [1.165, 1.54) is 14.1 Å². The van der Waals surface area contributed by atoms with Crippen LogP contribution in [0.25, 0.3) is 0 Å². The first-order valence-electron chi connectivity index (χ1n) is 7.31. The molecular formula is C16H19N3O4. The molecule has 0 spiro atoms. The van der Waals surface area contributed by atoms with Crippen LogP contribution in [0.3, 0.4) is 0 Å². The summed E-state index contributed by atoms with van der Waals surface area (Å²) in [5, 5.41) is 2.70. The van der Waals surface area contributed by atoms with Gasteiger partial charge in [-0.1, -0.05) is 30.3 Å². The maximum atomic E-state index is 12.0. The first-order valence-corrected chi connectivity index (χ1v) is 7.31. The average molecular weight is 317 g/mol. The molecule has 0 aliphatic carbocycles. The van der Waals surface area contributed by atoms with Gasteiger partial charge < -0.3 is 5.32 Å². The Kier molecular flexibility index (Phi) is 5.10. The summed E-state index contributed by atoms with van der Waals surface area (Å²) in [7, 11) is 2.60. The number of rotatable bonds is 5. The quantitative estimate of drug-likeness (QED) is 0.797. The van der Waals surface area contributed by atoms with Crippen molar-refractivity contribution in [1.29, 1.82) is 0 Å². The summed E-state index contributed by atoms with van der Waals surface area (Å²) in [6, 6.07) is 8.97. The summed E-state index contributed by atoms with van der Waals surface area (Å²) in [6.07, 6.45) is 0.409. The highest BCUT2D eigenvalue weighted by molar-refractivity contribution is 6.16. The largest absolute Gasteiger partial charge is 0.356 e. The van der Waals surface area contributed by atoms with Crippen LogP contribution in [0.2, 0.25) is 0 Å². The summed E-state index contributed by atoms with van der Waals surface area (Å²) in [5.41, 5.74) is 1.09. The third-order valence-corrected chi connectivity index (χ3v) is 3.80. The third kappa shape index (κ3) is 3.74. The molecule has 7 nitrogen and oxygen atoms in total. The van der Waals surface area contributed by atoms with Crippen LogP contribution in [-0.2, 0) is 20.8 Å². The second-order valence-corrected chi connectivity index (χ2v) is 5.42. The van der Waals surface area contributed by atoms with E-state index < -0.39 is 23.8 Å². The van der Waals surface area contributed by atoms with E-state index in [4.69, 9.17) is 0 Å². The van der Waals surface area contributed by atoms with Crippen molar-refractivity contribution in [1.82, 2.24) is 15.1 Å². The number of hydrogen-bond donors (Lipinski definition) is 1. The van der Waals surface area contributed by atoms with Gasteiger partial charge in [-0.3, -0.25) is 24.2 Å². The van der Waals surface area contributed by atoms with Gasteiger partial charge >= 0.3 is 6.03 Å². The number of nitrogens with zero attached hydrogens (tertiary/aromatic N) is 2. The lowest BCUT2D eigenvalue weighted by Gasteiger charge is -2.32. The van der Waals surface area contributed by atoms with E-state index in [0.29, 0.717) is 13.0 Å². The van der Waals surface area contributed by atoms with Crippen molar-refractivity contribution in [2.24, 2.45) is 5.92 Å². The van der Waals surface area contributed by atoms with Crippen LogP contribution in [0, 0.1) is 5.92 Å². The highest BCUT2D eigenvalue weighted by Gasteiger charge is 2.43. The molecule has 1 aromatic carbocycles. The van der Waals surface area contributed by atoms with Crippen LogP contribution in [0.15, 0.2) is 30.3 Å². The monoisotopic (exact) mass is 317 g/mol. The average Bonchev–Trinajstić information content (AvgIpc) is 2.56. The van der Waals surface area contributed by atoms with Gasteiger partial charge in [0.25, 0.3) is 0 Å². The number of nitrogens with one attached hydrogen (secondary N) is 1. The first-order chi connectivity index (χ1) is 10.9. The van der Waals surface area contributed by atoms with Gasteiger partial charge in [-0.2, -0.15) is 0 Å². The smallest absolute Gasteiger partial charge is 0.332 e. The predicted molar refractivity (Wildman–Crippen MR) is 82.2 cm³/mol. The molecule has 1 heterocycles. The zero-order valence-electron chi connectivity index (χ0n) is 13.1. The van der Waals surface area contributed by atoms with Crippen LogP contribution in [0.4, 0.5) is 4.79 Å². The molecule has 5 amide bonds. The number of carbonyl (C=O) groups is 4. The lowest BCUT2D eigenvalue weighted by Crippen LogP contribution is -2.57. The summed E-state index contributed by atoms with van der Waals surface area (Å²) >= 11 is 0. The molecule has 0 aromatic heterocycles. The van der Waals surface area contributed by atoms with Gasteiger partial charge in [-0.25, -0.2) is 4.79 Å². The Balaban J connectivity index is 1.88. The van der Waals surface area contributed by atoms with Gasteiger partial charge in [0.2, 0.25) is 17.7 Å². The van der Waals surface area contributed by atoms with Crippen molar-refractivity contribution in [2.45, 2.75) is 12.8 Å². The summed E-state index contributed by atoms with van der Waals surface area (Å²) < 4.78 is 0. The highest BCUT2D eigenvalue weighted by atomic mass is 16.2. The third-order valence-electron chi connectivity index (χ3n) is 3.80. The van der Waals surface area contributed by atoms with E-state index in [9.17, 15) is 19.2 Å². The Morgan fingerprint density at radius 2 is 1.61 bits per heavy atom. The predicted octanol–water partition coefficient (Wildman–Crippen LogP) is 0.402. The fraction of sp³-hybridized carbons (Fsp3) is 0.375. The number of urea groups is 1. The zero-order valence-corrected chi connectivity index (χ0v) is 13.1. The first kappa shape index (κ1) is 16.7. The Hall–Kier alpha value is -2.70. The standard InChI is InChI=1S/C16H19N3O4/c1-18-14(21)12(15(22)19(2)16(18)23)10-13(20)17-9-8-11-6-4-3-5-7-11/h3-7,12H,8-10H2,1-2H3,(H,17,20). The van der Waals surface area contributed by atoms with E-state index in [1.54, 1.807) is 0 Å². The molecule has 122 valence electrons. The Morgan fingerprint density at radius 3 is 2.17 bits per heavy atom. The van der Waals surface area contributed by atoms with E-state index >= 15 is 0 Å². The molecule has 1 N–H and O–H groups in total. The van der Waals surface area contributed by atoms with Crippen LogP contribution in [0.1, 0.15) is 12.0 Å². The van der Waals surface area contributed by atoms with Crippen LogP contribution in [-0.4, -0.2) is 54.2 Å². The second-order valence-electron chi connectivity index (χ2n) is 5.42. The van der Waals surface area contributed by atoms with Crippen molar-refractivity contribution >= 4 is 23.8 Å². The fourth-order valence-electron chi connectivity index (χ4n) is 2.41. The summed E-state index contributed by atoms with van der Waals surface area (Å²) in [6.45, 7) is 0.419. The summed E-state index contributed by atoms with van der Waals surface area (Å²) in [4.78, 5) is 49.3. The van der Waals surface area contributed by atoms with E-state index in [1.807, 2.05) is 30.3 Å². The topological polar surface area (TPSA) is 86.8 Å². The maximum absolute atomic E-state index is 12.0. The molecular weight excluding hydrogens is 298 g/mol. The number of amides is 5. The van der Waals surface area contributed by atoms with Crippen molar-refractivity contribution in [3.63, 3.8) is 0 Å². The van der Waals surface area contributed by atoms with Gasteiger partial charge in [-0.15, -0.1) is 0 Å². The second kappa shape index (κ2) is 7.04. The highest BCUT2D eigenvalue weighted by Crippen LogP contribution is 2.18. The number of imide groups is 2. The zero-order chi connectivity index (χ0) is 17.0. The molecule has 0 saturated carbocycles. The van der Waals surface area contributed by atoms with Crippen molar-refractivity contribution in [3.05, 3.63) is 35.9 Å². The Morgan fingerprint density at radius 1 is 1.04 bits per heavy atom. The van der Waals surface area contributed by atoms with Gasteiger partial charge in [0.15, 0.2) is 0 Å². The minimum atomic E-state index is -1.14. The van der Waals surface area contributed by atoms with Gasteiger partial charge in [0.1, 0.15) is 5.92 Å². The van der Waals surface area contributed by atoms with Gasteiger partial charge in [0, 0.05) is 27.1 Å². The molecule has 1 aliphatic heterocycles. The van der Waals surface area contributed by atoms with Crippen molar-refractivity contribution < 1.29 is 19.2 Å². The molecule has 0 bridgehead atoms. The van der Waals surface area contributed by atoms with Crippen molar-refractivity contribution in [2.75, 3.05) is 20.6 Å². The van der Waals surface area contributed by atoms with E-state index in [2.05, 4.69) is 5.32 Å². The normalized spacial score (nSPS) is 16.0. The minimum Gasteiger partial charge on any atom is -0.356 e. The molecule has 23 heavy (non-hydrogen) atoms. The van der Waals surface area contributed by atoms with E-state index in [-0.39, 0.29) is 12.3 Å². The minimum absolute atomic E-state index is 0.256. The summed E-state index contributed by atoms with van der Waals surface area (Å²) in [5.74, 6) is -2.81. The van der Waals surface area contributed by atoms with Crippen LogP contribution in [0.5, 0.6) is 0 Å². The maximum Gasteiger partial charge on any atom is 0.332 e. The number of benzene rings is 1. The lowest BCUT2D eigenvalue weighted by molar-refractivity contribution is -0.150. The number of barbiturate groups is 1. The van der Waals surface area contributed by atoms with E-state index in [0.717, 1.165) is 15.4 Å². The molecule has 0 unspecified atom stereocenters. The molecule has 1 aromatic rings. The molecule has 0 atom stereocenters. The molecule has 1 aliphatic rings. The molecule has 1 saturated heterocycles. The Bertz CT molecular complexity index is 605.